The summed E-state index contributed by atoms with van der Waals surface area (Å²) in [4.78, 5) is 12.9. The van der Waals surface area contributed by atoms with Crippen molar-refractivity contribution in [2.75, 3.05) is 26.6 Å². The number of hydrogen-bond acceptors (Lipinski definition) is 5. The number of carbonyl (C=O) groups is 1. The molecule has 1 N–H and O–H groups in total. The van der Waals surface area contributed by atoms with Gasteiger partial charge in [-0.3, -0.25) is 4.79 Å². The number of furan rings is 1. The Morgan fingerprint density at radius 2 is 1.77 bits per heavy atom. The van der Waals surface area contributed by atoms with Gasteiger partial charge in [0.25, 0.3) is 0 Å². The van der Waals surface area contributed by atoms with Gasteiger partial charge in [-0.15, -0.1) is 0 Å². The van der Waals surface area contributed by atoms with Crippen LogP contribution in [-0.2, 0) is 4.79 Å². The van der Waals surface area contributed by atoms with E-state index in [2.05, 4.69) is 5.32 Å². The summed E-state index contributed by atoms with van der Waals surface area (Å²) in [6.45, 7) is 5.81. The Hall–Kier alpha value is -4.19. The van der Waals surface area contributed by atoms with Crippen LogP contribution in [0.3, 0.4) is 0 Å². The van der Waals surface area contributed by atoms with Crippen LogP contribution in [0, 0.1) is 13.8 Å². The van der Waals surface area contributed by atoms with E-state index in [9.17, 15) is 4.79 Å². The van der Waals surface area contributed by atoms with Crippen molar-refractivity contribution in [2.24, 2.45) is 0 Å². The fourth-order valence-corrected chi connectivity index (χ4v) is 4.25. The molecular formula is C29H29NO5. The number of methoxy groups -OCH3 is 3. The zero-order valence-electron chi connectivity index (χ0n) is 20.8. The quantitative estimate of drug-likeness (QED) is 0.301. The van der Waals surface area contributed by atoms with Crippen LogP contribution in [0.2, 0.25) is 0 Å². The lowest BCUT2D eigenvalue weighted by Gasteiger charge is -2.14. The van der Waals surface area contributed by atoms with E-state index in [1.54, 1.807) is 33.7 Å². The van der Waals surface area contributed by atoms with Crippen LogP contribution in [0.25, 0.3) is 27.7 Å². The molecule has 0 fully saturated rings. The molecule has 0 unspecified atom stereocenters. The number of fused-ring (bicyclic) bond motifs is 1. The van der Waals surface area contributed by atoms with Gasteiger partial charge in [0.1, 0.15) is 22.8 Å². The first kappa shape index (κ1) is 24.0. The highest BCUT2D eigenvalue weighted by molar-refractivity contribution is 6.06. The second-order valence-electron chi connectivity index (χ2n) is 8.36. The SMILES string of the molecule is COc1cccc(-c2coc3c(C)c(OC)c(/C(C)=C/C(=O)Nc4cc(C)ccc4OC)cc23)c1. The number of allylic oxidation sites excluding steroid dienone is 1. The smallest absolute Gasteiger partial charge is 0.248 e. The molecule has 0 spiro atoms. The Balaban J connectivity index is 1.76. The molecule has 0 aliphatic carbocycles. The number of carbonyl (C=O) groups excluding carboxylic acids is 1. The molecule has 180 valence electrons. The minimum Gasteiger partial charge on any atom is -0.497 e. The summed E-state index contributed by atoms with van der Waals surface area (Å²) in [5, 5.41) is 3.85. The third-order valence-corrected chi connectivity index (χ3v) is 6.01. The molecule has 1 aromatic heterocycles. The average molecular weight is 472 g/mol. The molecule has 1 heterocycles. The third kappa shape index (κ3) is 4.73. The first-order valence-electron chi connectivity index (χ1n) is 11.2. The maximum atomic E-state index is 12.9. The van der Waals surface area contributed by atoms with Gasteiger partial charge in [-0.1, -0.05) is 18.2 Å². The lowest BCUT2D eigenvalue weighted by atomic mass is 9.96. The number of hydrogen-bond donors (Lipinski definition) is 1. The summed E-state index contributed by atoms with van der Waals surface area (Å²) in [7, 11) is 4.84. The number of rotatable bonds is 7. The van der Waals surface area contributed by atoms with E-state index < -0.39 is 0 Å². The van der Waals surface area contributed by atoms with Gasteiger partial charge in [0.05, 0.1) is 33.3 Å². The molecule has 0 aliphatic rings. The molecule has 35 heavy (non-hydrogen) atoms. The highest BCUT2D eigenvalue weighted by Gasteiger charge is 2.19. The molecule has 4 aromatic rings. The third-order valence-electron chi connectivity index (χ3n) is 6.01. The largest absolute Gasteiger partial charge is 0.497 e. The second kappa shape index (κ2) is 9.97. The van der Waals surface area contributed by atoms with Gasteiger partial charge in [0, 0.05) is 28.2 Å². The maximum absolute atomic E-state index is 12.9. The summed E-state index contributed by atoms with van der Waals surface area (Å²) in [6.07, 6.45) is 3.31. The Labute approximate surface area is 205 Å². The van der Waals surface area contributed by atoms with Crippen molar-refractivity contribution >= 4 is 28.1 Å². The van der Waals surface area contributed by atoms with Crippen molar-refractivity contribution < 1.29 is 23.4 Å². The summed E-state index contributed by atoms with van der Waals surface area (Å²) in [6, 6.07) is 15.5. The predicted octanol–water partition coefficient (Wildman–Crippen LogP) is 6.78. The number of amides is 1. The van der Waals surface area contributed by atoms with Crippen molar-refractivity contribution in [1.82, 2.24) is 0 Å². The van der Waals surface area contributed by atoms with Crippen molar-refractivity contribution in [2.45, 2.75) is 20.8 Å². The molecule has 1 amide bonds. The average Bonchev–Trinajstić information content (AvgIpc) is 3.28. The van der Waals surface area contributed by atoms with E-state index in [0.717, 1.165) is 50.1 Å². The normalized spacial score (nSPS) is 11.4. The standard InChI is InChI=1S/C29H29NO5/c1-17-10-11-26(33-5)25(12-17)30-27(31)13-18(2)22-15-23-24(20-8-7-9-21(14-20)32-4)16-35-29(23)19(3)28(22)34-6/h7-16H,1-6H3,(H,30,31)/b18-13+. The molecular weight excluding hydrogens is 442 g/mol. The fraction of sp³-hybridized carbons (Fsp3) is 0.207. The van der Waals surface area contributed by atoms with Crippen LogP contribution in [-0.4, -0.2) is 27.2 Å². The van der Waals surface area contributed by atoms with Gasteiger partial charge in [-0.25, -0.2) is 0 Å². The van der Waals surface area contributed by atoms with Crippen molar-refractivity contribution in [1.29, 1.82) is 0 Å². The van der Waals surface area contributed by atoms with E-state index in [1.165, 1.54) is 0 Å². The highest BCUT2D eigenvalue weighted by atomic mass is 16.5. The number of aryl methyl sites for hydroxylation is 2. The van der Waals surface area contributed by atoms with Crippen LogP contribution in [0.5, 0.6) is 17.2 Å². The summed E-state index contributed by atoms with van der Waals surface area (Å²) in [5.41, 5.74) is 6.73. The Morgan fingerprint density at radius 1 is 0.971 bits per heavy atom. The van der Waals surface area contributed by atoms with Gasteiger partial charge in [-0.2, -0.15) is 0 Å². The van der Waals surface area contributed by atoms with Gasteiger partial charge in [-0.05, 0) is 67.8 Å². The minimum atomic E-state index is -0.258. The molecule has 6 nitrogen and oxygen atoms in total. The summed E-state index contributed by atoms with van der Waals surface area (Å²) < 4.78 is 22.5. The van der Waals surface area contributed by atoms with E-state index in [1.807, 2.05) is 69.3 Å². The zero-order valence-corrected chi connectivity index (χ0v) is 20.8. The number of ether oxygens (including phenoxy) is 3. The Morgan fingerprint density at radius 3 is 2.49 bits per heavy atom. The second-order valence-corrected chi connectivity index (χ2v) is 8.36. The monoisotopic (exact) mass is 471 g/mol. The van der Waals surface area contributed by atoms with Gasteiger partial charge in [0.2, 0.25) is 5.91 Å². The molecule has 3 aromatic carbocycles. The molecule has 0 saturated heterocycles. The Kier molecular flexibility index (Phi) is 6.82. The minimum absolute atomic E-state index is 0.258. The molecule has 0 radical (unpaired) electrons. The first-order valence-corrected chi connectivity index (χ1v) is 11.2. The van der Waals surface area contributed by atoms with Crippen LogP contribution in [0.1, 0.15) is 23.6 Å². The van der Waals surface area contributed by atoms with E-state index >= 15 is 0 Å². The molecule has 0 aliphatic heterocycles. The number of anilines is 1. The molecule has 6 heteroatoms. The molecule has 0 bridgehead atoms. The van der Waals surface area contributed by atoms with Crippen LogP contribution in [0.15, 0.2) is 65.3 Å². The van der Waals surface area contributed by atoms with Gasteiger partial charge >= 0.3 is 0 Å². The van der Waals surface area contributed by atoms with Crippen molar-refractivity contribution in [3.05, 3.63) is 77.6 Å². The predicted molar refractivity (Wildman–Crippen MR) is 140 cm³/mol. The number of benzene rings is 3. The summed E-state index contributed by atoms with van der Waals surface area (Å²) in [5.74, 6) is 1.78. The van der Waals surface area contributed by atoms with E-state index in [4.69, 9.17) is 18.6 Å². The van der Waals surface area contributed by atoms with E-state index in [-0.39, 0.29) is 5.91 Å². The van der Waals surface area contributed by atoms with Crippen LogP contribution < -0.4 is 19.5 Å². The summed E-state index contributed by atoms with van der Waals surface area (Å²) >= 11 is 0. The van der Waals surface area contributed by atoms with E-state index in [0.29, 0.717) is 17.2 Å². The molecule has 0 saturated carbocycles. The van der Waals surface area contributed by atoms with Crippen LogP contribution >= 0.6 is 0 Å². The highest BCUT2D eigenvalue weighted by Crippen LogP contribution is 2.41. The molecule has 0 atom stereocenters. The number of nitrogens with one attached hydrogen (secondary N) is 1. The Bertz CT molecular complexity index is 1430. The first-order chi connectivity index (χ1) is 16.9. The molecule has 4 rings (SSSR count). The van der Waals surface area contributed by atoms with Crippen molar-refractivity contribution in [3.63, 3.8) is 0 Å². The fourth-order valence-electron chi connectivity index (χ4n) is 4.25. The zero-order chi connectivity index (χ0) is 25.1. The van der Waals surface area contributed by atoms with Gasteiger partial charge in [0.15, 0.2) is 0 Å². The van der Waals surface area contributed by atoms with Gasteiger partial charge < -0.3 is 23.9 Å². The lowest BCUT2D eigenvalue weighted by molar-refractivity contribution is -0.111. The topological polar surface area (TPSA) is 69.9 Å². The maximum Gasteiger partial charge on any atom is 0.248 e. The van der Waals surface area contributed by atoms with Crippen LogP contribution in [0.4, 0.5) is 5.69 Å². The lowest BCUT2D eigenvalue weighted by Crippen LogP contribution is -2.10. The van der Waals surface area contributed by atoms with Crippen molar-refractivity contribution in [3.8, 4) is 28.4 Å².